The number of benzene rings is 1. The van der Waals surface area contributed by atoms with Crippen molar-refractivity contribution in [1.82, 2.24) is 25.1 Å². The van der Waals surface area contributed by atoms with Crippen molar-refractivity contribution in [2.75, 3.05) is 13.1 Å². The number of hydrogen-bond donors (Lipinski definition) is 1. The maximum Gasteiger partial charge on any atom is 0.311 e. The quantitative estimate of drug-likeness (QED) is 0.852. The lowest BCUT2D eigenvalue weighted by Gasteiger charge is -2.20. The van der Waals surface area contributed by atoms with Crippen LogP contribution in [0.3, 0.4) is 0 Å². The second-order valence-electron chi connectivity index (χ2n) is 6.61. The lowest BCUT2D eigenvalue weighted by atomic mass is 9.90. The number of tetrazole rings is 1. The number of carboxylic acids is 1. The second-order valence-corrected chi connectivity index (χ2v) is 6.61. The number of carbonyl (C=O) groups excluding carboxylic acids is 1. The summed E-state index contributed by atoms with van der Waals surface area (Å²) in [6.45, 7) is 2.96. The molecule has 1 atom stereocenters. The highest BCUT2D eigenvalue weighted by molar-refractivity contribution is 5.80. The van der Waals surface area contributed by atoms with Crippen molar-refractivity contribution in [2.24, 2.45) is 5.41 Å². The largest absolute Gasteiger partial charge is 0.481 e. The van der Waals surface area contributed by atoms with Gasteiger partial charge in [0.05, 0.1) is 12.0 Å². The predicted octanol–water partition coefficient (Wildman–Crippen LogP) is 1.44. The highest BCUT2D eigenvalue weighted by Crippen LogP contribution is 2.30. The number of carboxylic acid groups (broad SMARTS) is 1. The van der Waals surface area contributed by atoms with E-state index < -0.39 is 11.4 Å². The third kappa shape index (κ3) is 3.84. The van der Waals surface area contributed by atoms with E-state index in [1.807, 2.05) is 30.3 Å². The number of aromatic nitrogens is 4. The SMILES string of the molecule is C[C@]1(C(=O)O)CCN(C(=O)CCCn2nnc(-c3ccccc3)n2)C1. The lowest BCUT2D eigenvalue weighted by Crippen LogP contribution is -2.34. The van der Waals surface area contributed by atoms with E-state index in [9.17, 15) is 14.7 Å². The number of amides is 1. The van der Waals surface area contributed by atoms with E-state index >= 15 is 0 Å². The van der Waals surface area contributed by atoms with Gasteiger partial charge in [0.2, 0.25) is 11.7 Å². The van der Waals surface area contributed by atoms with Crippen LogP contribution in [0.2, 0.25) is 0 Å². The minimum absolute atomic E-state index is 0.0200. The first-order chi connectivity index (χ1) is 12.0. The molecule has 132 valence electrons. The van der Waals surface area contributed by atoms with Crippen LogP contribution in [-0.4, -0.2) is 55.2 Å². The fourth-order valence-electron chi connectivity index (χ4n) is 2.92. The maximum atomic E-state index is 12.2. The summed E-state index contributed by atoms with van der Waals surface area (Å²) < 4.78 is 0. The Morgan fingerprint density at radius 1 is 1.28 bits per heavy atom. The first kappa shape index (κ1) is 17.1. The molecule has 2 aromatic rings. The van der Waals surface area contributed by atoms with Crippen molar-refractivity contribution in [2.45, 2.75) is 32.7 Å². The molecule has 1 aliphatic heterocycles. The molecule has 1 saturated heterocycles. The molecule has 2 heterocycles. The Bertz CT molecular complexity index is 761. The van der Waals surface area contributed by atoms with Crippen molar-refractivity contribution in [3.8, 4) is 11.4 Å². The van der Waals surface area contributed by atoms with Crippen molar-refractivity contribution in [3.63, 3.8) is 0 Å². The fraction of sp³-hybridized carbons (Fsp3) is 0.471. The smallest absolute Gasteiger partial charge is 0.311 e. The molecule has 1 aromatic carbocycles. The second kappa shape index (κ2) is 7.00. The van der Waals surface area contributed by atoms with Crippen LogP contribution in [0.5, 0.6) is 0 Å². The molecule has 1 aliphatic rings. The van der Waals surface area contributed by atoms with E-state index in [-0.39, 0.29) is 12.5 Å². The predicted molar refractivity (Wildman–Crippen MR) is 89.4 cm³/mol. The summed E-state index contributed by atoms with van der Waals surface area (Å²) in [5.74, 6) is -0.305. The Labute approximate surface area is 145 Å². The molecule has 0 bridgehead atoms. The number of aryl methyl sites for hydroxylation is 1. The van der Waals surface area contributed by atoms with Crippen LogP contribution in [0.1, 0.15) is 26.2 Å². The number of aliphatic carboxylic acids is 1. The first-order valence-corrected chi connectivity index (χ1v) is 8.32. The molecule has 25 heavy (non-hydrogen) atoms. The van der Waals surface area contributed by atoms with Crippen molar-refractivity contribution in [1.29, 1.82) is 0 Å². The molecule has 1 N–H and O–H groups in total. The molecule has 0 unspecified atom stereocenters. The van der Waals surface area contributed by atoms with Crippen LogP contribution < -0.4 is 0 Å². The summed E-state index contributed by atoms with van der Waals surface area (Å²) in [7, 11) is 0. The highest BCUT2D eigenvalue weighted by Gasteiger charge is 2.41. The molecule has 0 saturated carbocycles. The zero-order chi connectivity index (χ0) is 17.9. The van der Waals surface area contributed by atoms with Crippen LogP contribution in [0.15, 0.2) is 30.3 Å². The van der Waals surface area contributed by atoms with Gasteiger partial charge in [0.1, 0.15) is 0 Å². The van der Waals surface area contributed by atoms with Gasteiger partial charge in [0.15, 0.2) is 0 Å². The molecule has 1 aromatic heterocycles. The third-order valence-corrected chi connectivity index (χ3v) is 4.58. The van der Waals surface area contributed by atoms with Gasteiger partial charge in [-0.1, -0.05) is 30.3 Å². The summed E-state index contributed by atoms with van der Waals surface area (Å²) in [4.78, 5) is 26.6. The zero-order valence-corrected chi connectivity index (χ0v) is 14.1. The van der Waals surface area contributed by atoms with Crippen LogP contribution in [0, 0.1) is 5.41 Å². The van der Waals surface area contributed by atoms with Gasteiger partial charge in [0, 0.05) is 25.1 Å². The summed E-state index contributed by atoms with van der Waals surface area (Å²) in [5.41, 5.74) is 0.0723. The van der Waals surface area contributed by atoms with Crippen molar-refractivity contribution < 1.29 is 14.7 Å². The number of hydrogen-bond acceptors (Lipinski definition) is 5. The van der Waals surface area contributed by atoms with E-state index in [4.69, 9.17) is 0 Å². The van der Waals surface area contributed by atoms with Gasteiger partial charge in [-0.3, -0.25) is 9.59 Å². The maximum absolute atomic E-state index is 12.2. The lowest BCUT2D eigenvalue weighted by molar-refractivity contribution is -0.147. The summed E-state index contributed by atoms with van der Waals surface area (Å²) >= 11 is 0. The van der Waals surface area contributed by atoms with Gasteiger partial charge < -0.3 is 10.0 Å². The minimum atomic E-state index is -0.844. The number of likely N-dealkylation sites (tertiary alicyclic amines) is 1. The molecule has 0 spiro atoms. The Balaban J connectivity index is 1.48. The topological polar surface area (TPSA) is 101 Å². The number of nitrogens with zero attached hydrogens (tertiary/aromatic N) is 5. The summed E-state index contributed by atoms with van der Waals surface area (Å²) in [5, 5.41) is 21.6. The van der Waals surface area contributed by atoms with Gasteiger partial charge in [0.25, 0.3) is 0 Å². The number of carbonyl (C=O) groups is 2. The van der Waals surface area contributed by atoms with E-state index in [0.717, 1.165) is 5.56 Å². The Morgan fingerprint density at radius 2 is 2.04 bits per heavy atom. The van der Waals surface area contributed by atoms with Gasteiger partial charge in [-0.25, -0.2) is 0 Å². The van der Waals surface area contributed by atoms with Crippen LogP contribution >= 0.6 is 0 Å². The minimum Gasteiger partial charge on any atom is -0.481 e. The van der Waals surface area contributed by atoms with E-state index in [2.05, 4.69) is 15.4 Å². The van der Waals surface area contributed by atoms with Crippen molar-refractivity contribution >= 4 is 11.9 Å². The Kier molecular flexibility index (Phi) is 4.78. The number of rotatable bonds is 6. The Hall–Kier alpha value is -2.77. The zero-order valence-electron chi connectivity index (χ0n) is 14.1. The first-order valence-electron chi connectivity index (χ1n) is 8.32. The molecule has 0 radical (unpaired) electrons. The highest BCUT2D eigenvalue weighted by atomic mass is 16.4. The third-order valence-electron chi connectivity index (χ3n) is 4.58. The summed E-state index contributed by atoms with van der Waals surface area (Å²) in [6, 6.07) is 9.58. The molecular formula is C17H21N5O3. The Morgan fingerprint density at radius 3 is 2.72 bits per heavy atom. The fourth-order valence-corrected chi connectivity index (χ4v) is 2.92. The molecule has 8 heteroatoms. The molecule has 1 fully saturated rings. The van der Waals surface area contributed by atoms with Crippen molar-refractivity contribution in [3.05, 3.63) is 30.3 Å². The normalized spacial score (nSPS) is 20.0. The van der Waals surface area contributed by atoms with E-state index in [0.29, 0.717) is 38.2 Å². The van der Waals surface area contributed by atoms with Crippen LogP contribution in [-0.2, 0) is 16.1 Å². The van der Waals surface area contributed by atoms with Crippen LogP contribution in [0.4, 0.5) is 0 Å². The van der Waals surface area contributed by atoms with Crippen LogP contribution in [0.25, 0.3) is 11.4 Å². The van der Waals surface area contributed by atoms with E-state index in [1.54, 1.807) is 11.8 Å². The van der Waals surface area contributed by atoms with Gasteiger partial charge >= 0.3 is 5.97 Å². The van der Waals surface area contributed by atoms with Gasteiger partial charge in [-0.05, 0) is 25.0 Å². The van der Waals surface area contributed by atoms with Gasteiger partial charge in [-0.15, -0.1) is 10.2 Å². The molecular weight excluding hydrogens is 322 g/mol. The van der Waals surface area contributed by atoms with Gasteiger partial charge in [-0.2, -0.15) is 4.80 Å². The average molecular weight is 343 g/mol. The van der Waals surface area contributed by atoms with E-state index in [1.165, 1.54) is 4.80 Å². The molecule has 0 aliphatic carbocycles. The standard InChI is InChI=1S/C17H21N5O3/c1-17(16(24)25)9-11-21(12-17)14(23)8-5-10-22-19-15(18-20-22)13-6-3-2-4-7-13/h2-4,6-7H,5,8-12H2,1H3,(H,24,25)/t17-/m0/s1. The monoisotopic (exact) mass is 343 g/mol. The average Bonchev–Trinajstić information content (AvgIpc) is 3.23. The molecule has 8 nitrogen and oxygen atoms in total. The molecule has 3 rings (SSSR count). The summed E-state index contributed by atoms with van der Waals surface area (Å²) in [6.07, 6.45) is 1.43. The molecule has 1 amide bonds.